The summed E-state index contributed by atoms with van der Waals surface area (Å²) in [5.41, 5.74) is 2.95. The number of ether oxygens (including phenoxy) is 1. The van der Waals surface area contributed by atoms with Crippen molar-refractivity contribution >= 4 is 5.78 Å². The third-order valence-electron chi connectivity index (χ3n) is 4.79. The zero-order valence-electron chi connectivity index (χ0n) is 12.5. The molecule has 3 rings (SSSR count). The first-order valence-electron chi connectivity index (χ1n) is 7.54. The van der Waals surface area contributed by atoms with E-state index in [2.05, 4.69) is 5.32 Å². The van der Waals surface area contributed by atoms with Crippen molar-refractivity contribution in [2.24, 2.45) is 5.92 Å². The zero-order chi connectivity index (χ0) is 14.3. The lowest BCUT2D eigenvalue weighted by molar-refractivity contribution is 0.0875. The predicted molar refractivity (Wildman–Crippen MR) is 79.5 cm³/mol. The van der Waals surface area contributed by atoms with Gasteiger partial charge in [0.1, 0.15) is 5.75 Å². The molecular formula is C17H23NO2. The molecule has 0 aliphatic carbocycles. The van der Waals surface area contributed by atoms with E-state index < -0.39 is 0 Å². The van der Waals surface area contributed by atoms with Gasteiger partial charge in [-0.05, 0) is 62.8 Å². The van der Waals surface area contributed by atoms with Crippen LogP contribution in [0.3, 0.4) is 0 Å². The molecule has 2 fully saturated rings. The van der Waals surface area contributed by atoms with Gasteiger partial charge in [-0.2, -0.15) is 0 Å². The molecule has 2 heterocycles. The number of aryl methyl sites for hydroxylation is 2. The Morgan fingerprint density at radius 3 is 2.20 bits per heavy atom. The standard InChI is InChI=1S/C17H23NO2/c1-10-6-12(7-11(2)17(10)20-3)16(19)13-8-14-4-5-15(9-13)18-14/h6-7,13-15,18H,4-5,8-9H2,1-3H3. The number of nitrogens with one attached hydrogen (secondary N) is 1. The Morgan fingerprint density at radius 1 is 1.15 bits per heavy atom. The molecule has 2 aliphatic rings. The first-order valence-corrected chi connectivity index (χ1v) is 7.54. The lowest BCUT2D eigenvalue weighted by atomic mass is 9.85. The maximum absolute atomic E-state index is 12.8. The van der Waals surface area contributed by atoms with Gasteiger partial charge in [0.25, 0.3) is 0 Å². The number of Topliss-reactive ketones (excluding diaryl/α,β-unsaturated/α-hetero) is 1. The molecule has 3 heteroatoms. The van der Waals surface area contributed by atoms with Crippen LogP contribution in [-0.2, 0) is 0 Å². The number of hydrogen-bond donors (Lipinski definition) is 1. The third kappa shape index (κ3) is 2.35. The minimum Gasteiger partial charge on any atom is -0.496 e. The second-order valence-electron chi connectivity index (χ2n) is 6.31. The fraction of sp³-hybridized carbons (Fsp3) is 0.588. The van der Waals surface area contributed by atoms with Crippen molar-refractivity contribution in [3.63, 3.8) is 0 Å². The number of fused-ring (bicyclic) bond motifs is 2. The number of carbonyl (C=O) groups excluding carboxylic acids is 1. The van der Waals surface area contributed by atoms with Crippen molar-refractivity contribution in [2.75, 3.05) is 7.11 Å². The van der Waals surface area contributed by atoms with Gasteiger partial charge < -0.3 is 10.1 Å². The summed E-state index contributed by atoms with van der Waals surface area (Å²) in [6, 6.07) is 5.09. The topological polar surface area (TPSA) is 38.3 Å². The van der Waals surface area contributed by atoms with E-state index in [0.717, 1.165) is 35.3 Å². The summed E-state index contributed by atoms with van der Waals surface area (Å²) >= 11 is 0. The van der Waals surface area contributed by atoms with Crippen LogP contribution in [0, 0.1) is 19.8 Å². The summed E-state index contributed by atoms with van der Waals surface area (Å²) < 4.78 is 5.38. The van der Waals surface area contributed by atoms with Crippen molar-refractivity contribution in [3.05, 3.63) is 28.8 Å². The highest BCUT2D eigenvalue weighted by atomic mass is 16.5. The Morgan fingerprint density at radius 2 is 1.70 bits per heavy atom. The molecule has 1 aromatic rings. The molecule has 1 aromatic carbocycles. The van der Waals surface area contributed by atoms with Crippen molar-refractivity contribution in [3.8, 4) is 5.75 Å². The second-order valence-corrected chi connectivity index (χ2v) is 6.31. The molecule has 0 saturated carbocycles. The van der Waals surface area contributed by atoms with Crippen molar-refractivity contribution in [2.45, 2.75) is 51.6 Å². The molecule has 0 aromatic heterocycles. The number of carbonyl (C=O) groups is 1. The Labute approximate surface area is 120 Å². The van der Waals surface area contributed by atoms with Crippen LogP contribution < -0.4 is 10.1 Å². The fourth-order valence-electron chi connectivity index (χ4n) is 3.92. The maximum atomic E-state index is 12.8. The average Bonchev–Trinajstić information content (AvgIpc) is 2.76. The van der Waals surface area contributed by atoms with E-state index >= 15 is 0 Å². The molecule has 2 atom stereocenters. The van der Waals surface area contributed by atoms with Gasteiger partial charge in [-0.25, -0.2) is 0 Å². The SMILES string of the molecule is COc1c(C)cc(C(=O)C2CC3CCC(C2)N3)cc1C. The number of ketones is 1. The molecule has 1 N–H and O–H groups in total. The van der Waals surface area contributed by atoms with Crippen LogP contribution in [0.2, 0.25) is 0 Å². The zero-order valence-corrected chi connectivity index (χ0v) is 12.5. The fourth-order valence-corrected chi connectivity index (χ4v) is 3.92. The number of benzene rings is 1. The highest BCUT2D eigenvalue weighted by Crippen LogP contribution is 2.34. The molecule has 0 spiro atoms. The Hall–Kier alpha value is -1.35. The summed E-state index contributed by atoms with van der Waals surface area (Å²) in [6.45, 7) is 4.02. The summed E-state index contributed by atoms with van der Waals surface area (Å²) in [7, 11) is 1.68. The van der Waals surface area contributed by atoms with Crippen LogP contribution in [-0.4, -0.2) is 25.0 Å². The molecule has 0 radical (unpaired) electrons. The Bertz CT molecular complexity index is 503. The first kappa shape index (κ1) is 13.6. The van der Waals surface area contributed by atoms with Crippen molar-refractivity contribution in [1.29, 1.82) is 0 Å². The highest BCUT2D eigenvalue weighted by Gasteiger charge is 2.36. The van der Waals surface area contributed by atoms with Gasteiger partial charge in [-0.15, -0.1) is 0 Å². The highest BCUT2D eigenvalue weighted by molar-refractivity contribution is 5.98. The van der Waals surface area contributed by atoms with Gasteiger partial charge in [-0.1, -0.05) is 0 Å². The van der Waals surface area contributed by atoms with Gasteiger partial charge in [0.05, 0.1) is 7.11 Å². The van der Waals surface area contributed by atoms with E-state index in [1.807, 2.05) is 26.0 Å². The van der Waals surface area contributed by atoms with E-state index in [4.69, 9.17) is 4.74 Å². The van der Waals surface area contributed by atoms with E-state index in [0.29, 0.717) is 17.9 Å². The minimum absolute atomic E-state index is 0.195. The lowest BCUT2D eigenvalue weighted by Crippen LogP contribution is -2.40. The van der Waals surface area contributed by atoms with E-state index in [1.54, 1.807) is 7.11 Å². The molecule has 20 heavy (non-hydrogen) atoms. The molecule has 2 bridgehead atoms. The minimum atomic E-state index is 0.195. The van der Waals surface area contributed by atoms with Crippen LogP contribution in [0.5, 0.6) is 5.75 Å². The normalized spacial score (nSPS) is 28.4. The van der Waals surface area contributed by atoms with Gasteiger partial charge in [0, 0.05) is 23.6 Å². The summed E-state index contributed by atoms with van der Waals surface area (Å²) in [4.78, 5) is 12.8. The average molecular weight is 273 g/mol. The van der Waals surface area contributed by atoms with Gasteiger partial charge in [0.2, 0.25) is 0 Å². The molecule has 0 amide bonds. The van der Waals surface area contributed by atoms with E-state index in [1.165, 1.54) is 12.8 Å². The summed E-state index contributed by atoms with van der Waals surface area (Å²) in [5.74, 6) is 1.41. The lowest BCUT2D eigenvalue weighted by Gasteiger charge is -2.28. The van der Waals surface area contributed by atoms with Crippen LogP contribution in [0.4, 0.5) is 0 Å². The van der Waals surface area contributed by atoms with Crippen LogP contribution in [0.25, 0.3) is 0 Å². The first-order chi connectivity index (χ1) is 9.58. The second kappa shape index (κ2) is 5.21. The molecule has 2 saturated heterocycles. The van der Waals surface area contributed by atoms with Crippen molar-refractivity contribution in [1.82, 2.24) is 5.32 Å². The van der Waals surface area contributed by atoms with Crippen LogP contribution >= 0.6 is 0 Å². The molecule has 108 valence electrons. The van der Waals surface area contributed by atoms with Crippen LogP contribution in [0.15, 0.2) is 12.1 Å². The quantitative estimate of drug-likeness (QED) is 0.860. The smallest absolute Gasteiger partial charge is 0.166 e. The third-order valence-corrected chi connectivity index (χ3v) is 4.79. The van der Waals surface area contributed by atoms with Crippen LogP contribution in [0.1, 0.15) is 47.2 Å². The number of piperidine rings is 1. The van der Waals surface area contributed by atoms with E-state index in [-0.39, 0.29) is 5.92 Å². The summed E-state index contributed by atoms with van der Waals surface area (Å²) in [6.07, 6.45) is 4.46. The van der Waals surface area contributed by atoms with Gasteiger partial charge in [0.15, 0.2) is 5.78 Å². The maximum Gasteiger partial charge on any atom is 0.166 e. The summed E-state index contributed by atoms with van der Waals surface area (Å²) in [5, 5.41) is 3.60. The number of rotatable bonds is 3. The van der Waals surface area contributed by atoms with Gasteiger partial charge >= 0.3 is 0 Å². The Kier molecular flexibility index (Phi) is 3.55. The molecule has 3 nitrogen and oxygen atoms in total. The van der Waals surface area contributed by atoms with E-state index in [9.17, 15) is 4.79 Å². The molecule has 2 aliphatic heterocycles. The Balaban J connectivity index is 1.84. The molecule has 2 unspecified atom stereocenters. The number of hydrogen-bond acceptors (Lipinski definition) is 3. The largest absolute Gasteiger partial charge is 0.496 e. The number of methoxy groups -OCH3 is 1. The van der Waals surface area contributed by atoms with Crippen molar-refractivity contribution < 1.29 is 9.53 Å². The molecular weight excluding hydrogens is 250 g/mol. The van der Waals surface area contributed by atoms with Gasteiger partial charge in [-0.3, -0.25) is 4.79 Å². The predicted octanol–water partition coefficient (Wildman–Crippen LogP) is 3.03. The monoisotopic (exact) mass is 273 g/mol.